The van der Waals surface area contributed by atoms with Crippen LogP contribution in [0.15, 0.2) is 36.8 Å². The van der Waals surface area contributed by atoms with Gasteiger partial charge >= 0.3 is 5.97 Å². The van der Waals surface area contributed by atoms with Crippen LogP contribution in [-0.4, -0.2) is 22.6 Å². The van der Waals surface area contributed by atoms with E-state index in [1.165, 1.54) is 7.11 Å². The highest BCUT2D eigenvalue weighted by molar-refractivity contribution is 6.30. The molecule has 4 nitrogen and oxygen atoms in total. The van der Waals surface area contributed by atoms with Crippen LogP contribution >= 0.6 is 11.6 Å². The monoisotopic (exact) mass is 236 g/mol. The maximum Gasteiger partial charge on any atom is 0.358 e. The Morgan fingerprint density at radius 3 is 2.69 bits per heavy atom. The predicted molar refractivity (Wildman–Crippen MR) is 59.9 cm³/mol. The third-order valence-electron chi connectivity index (χ3n) is 2.10. The first-order chi connectivity index (χ1) is 7.70. The zero-order valence-electron chi connectivity index (χ0n) is 8.55. The van der Waals surface area contributed by atoms with E-state index in [-0.39, 0.29) is 5.69 Å². The van der Waals surface area contributed by atoms with Crippen molar-refractivity contribution in [3.8, 4) is 5.69 Å². The maximum atomic E-state index is 11.2. The number of hydrogen-bond donors (Lipinski definition) is 0. The van der Waals surface area contributed by atoms with Gasteiger partial charge in [-0.25, -0.2) is 9.78 Å². The second kappa shape index (κ2) is 4.37. The van der Waals surface area contributed by atoms with Crippen molar-refractivity contribution >= 4 is 17.6 Å². The van der Waals surface area contributed by atoms with Crippen molar-refractivity contribution in [2.24, 2.45) is 0 Å². The zero-order chi connectivity index (χ0) is 11.5. The first-order valence-corrected chi connectivity index (χ1v) is 4.97. The molecule has 0 fully saturated rings. The zero-order valence-corrected chi connectivity index (χ0v) is 9.31. The van der Waals surface area contributed by atoms with Crippen LogP contribution in [0.3, 0.4) is 0 Å². The Kier molecular flexibility index (Phi) is 2.92. The van der Waals surface area contributed by atoms with Gasteiger partial charge in [-0.15, -0.1) is 0 Å². The Bertz CT molecular complexity index is 505. The summed E-state index contributed by atoms with van der Waals surface area (Å²) >= 11 is 5.78. The first kappa shape index (κ1) is 10.7. The molecule has 0 N–H and O–H groups in total. The van der Waals surface area contributed by atoms with Gasteiger partial charge in [-0.1, -0.05) is 11.6 Å². The average molecular weight is 237 g/mol. The molecule has 5 heteroatoms. The molecule has 0 radical (unpaired) electrons. The molecule has 16 heavy (non-hydrogen) atoms. The summed E-state index contributed by atoms with van der Waals surface area (Å²) in [6.45, 7) is 0. The van der Waals surface area contributed by atoms with Crippen LogP contribution in [0.2, 0.25) is 5.02 Å². The standard InChI is InChI=1S/C11H9ClN2O2/c1-16-11(15)10-6-14(7-13-10)9-4-2-8(12)3-5-9/h2-7H,1H3. The molecule has 0 unspecified atom stereocenters. The van der Waals surface area contributed by atoms with Gasteiger partial charge < -0.3 is 9.30 Å². The summed E-state index contributed by atoms with van der Waals surface area (Å²) in [5.74, 6) is -0.451. The van der Waals surface area contributed by atoms with Gasteiger partial charge in [0.2, 0.25) is 0 Å². The molecule has 0 amide bonds. The highest BCUT2D eigenvalue weighted by atomic mass is 35.5. The van der Waals surface area contributed by atoms with Crippen molar-refractivity contribution in [1.29, 1.82) is 0 Å². The topological polar surface area (TPSA) is 44.1 Å². The van der Waals surface area contributed by atoms with Crippen LogP contribution in [0.5, 0.6) is 0 Å². The first-order valence-electron chi connectivity index (χ1n) is 4.59. The summed E-state index contributed by atoms with van der Waals surface area (Å²) in [4.78, 5) is 15.1. The number of benzene rings is 1. The minimum Gasteiger partial charge on any atom is -0.464 e. The lowest BCUT2D eigenvalue weighted by Crippen LogP contribution is -2.00. The molecule has 0 aliphatic carbocycles. The van der Waals surface area contributed by atoms with E-state index in [0.29, 0.717) is 5.02 Å². The summed E-state index contributed by atoms with van der Waals surface area (Å²) in [5.41, 5.74) is 1.16. The Morgan fingerprint density at radius 1 is 1.38 bits per heavy atom. The molecule has 82 valence electrons. The Labute approximate surface area is 97.4 Å². The van der Waals surface area contributed by atoms with Crippen molar-refractivity contribution in [3.63, 3.8) is 0 Å². The lowest BCUT2D eigenvalue weighted by Gasteiger charge is -2.00. The van der Waals surface area contributed by atoms with Gasteiger partial charge in [0.05, 0.1) is 7.11 Å². The van der Waals surface area contributed by atoms with E-state index in [4.69, 9.17) is 11.6 Å². The summed E-state index contributed by atoms with van der Waals surface area (Å²) < 4.78 is 6.29. The predicted octanol–water partition coefficient (Wildman–Crippen LogP) is 2.31. The van der Waals surface area contributed by atoms with Gasteiger partial charge in [0.15, 0.2) is 5.69 Å². The van der Waals surface area contributed by atoms with Gasteiger partial charge in [0, 0.05) is 16.9 Å². The van der Waals surface area contributed by atoms with Crippen LogP contribution in [-0.2, 0) is 4.74 Å². The van der Waals surface area contributed by atoms with E-state index in [1.807, 2.05) is 12.1 Å². The Morgan fingerprint density at radius 2 is 2.06 bits per heavy atom. The number of imidazole rings is 1. The van der Waals surface area contributed by atoms with Crippen molar-refractivity contribution in [2.75, 3.05) is 7.11 Å². The number of methoxy groups -OCH3 is 1. The van der Waals surface area contributed by atoms with Gasteiger partial charge in [-0.05, 0) is 24.3 Å². The van der Waals surface area contributed by atoms with Crippen LogP contribution in [0.4, 0.5) is 0 Å². The largest absolute Gasteiger partial charge is 0.464 e. The van der Waals surface area contributed by atoms with Gasteiger partial charge in [-0.3, -0.25) is 0 Å². The SMILES string of the molecule is COC(=O)c1cn(-c2ccc(Cl)cc2)cn1. The lowest BCUT2D eigenvalue weighted by molar-refractivity contribution is 0.0594. The molecule has 2 aromatic rings. The molecule has 1 aromatic heterocycles. The summed E-state index contributed by atoms with van der Waals surface area (Å²) in [7, 11) is 1.32. The van der Waals surface area contributed by atoms with Crippen molar-refractivity contribution in [2.45, 2.75) is 0 Å². The molecule has 0 aliphatic rings. The molecular weight excluding hydrogens is 228 g/mol. The van der Waals surface area contributed by atoms with Crippen molar-refractivity contribution < 1.29 is 9.53 Å². The minimum atomic E-state index is -0.451. The Balaban J connectivity index is 2.31. The van der Waals surface area contributed by atoms with Crippen LogP contribution in [0, 0.1) is 0 Å². The number of nitrogens with zero attached hydrogens (tertiary/aromatic N) is 2. The molecule has 0 spiro atoms. The number of carbonyl (C=O) groups excluding carboxylic acids is 1. The average Bonchev–Trinajstić information content (AvgIpc) is 2.78. The number of ether oxygens (including phenoxy) is 1. The van der Waals surface area contributed by atoms with E-state index >= 15 is 0 Å². The summed E-state index contributed by atoms with van der Waals surface area (Å²) in [6.07, 6.45) is 3.16. The van der Waals surface area contributed by atoms with Crippen molar-refractivity contribution in [3.05, 3.63) is 47.5 Å². The van der Waals surface area contributed by atoms with Crippen LogP contribution in [0.1, 0.15) is 10.5 Å². The second-order valence-corrected chi connectivity index (χ2v) is 3.57. The normalized spacial score (nSPS) is 10.1. The molecule has 0 saturated heterocycles. The molecule has 0 aliphatic heterocycles. The number of halogens is 1. The van der Waals surface area contributed by atoms with E-state index in [1.54, 1.807) is 29.2 Å². The fourth-order valence-corrected chi connectivity index (χ4v) is 1.41. The van der Waals surface area contributed by atoms with E-state index < -0.39 is 5.97 Å². The molecule has 0 saturated carbocycles. The van der Waals surface area contributed by atoms with Gasteiger partial charge in [0.25, 0.3) is 0 Å². The smallest absolute Gasteiger partial charge is 0.358 e. The minimum absolute atomic E-state index is 0.275. The number of rotatable bonds is 2. The maximum absolute atomic E-state index is 11.2. The quantitative estimate of drug-likeness (QED) is 0.752. The highest BCUT2D eigenvalue weighted by Gasteiger charge is 2.09. The highest BCUT2D eigenvalue weighted by Crippen LogP contribution is 2.13. The summed E-state index contributed by atoms with van der Waals surface area (Å²) in [5, 5.41) is 0.664. The van der Waals surface area contributed by atoms with E-state index in [2.05, 4.69) is 9.72 Å². The lowest BCUT2D eigenvalue weighted by atomic mass is 10.3. The van der Waals surface area contributed by atoms with E-state index in [0.717, 1.165) is 5.69 Å². The number of aromatic nitrogens is 2. The fourth-order valence-electron chi connectivity index (χ4n) is 1.29. The third-order valence-corrected chi connectivity index (χ3v) is 2.35. The second-order valence-electron chi connectivity index (χ2n) is 3.13. The summed E-state index contributed by atoms with van der Waals surface area (Å²) in [6, 6.07) is 7.22. The van der Waals surface area contributed by atoms with Crippen LogP contribution < -0.4 is 0 Å². The van der Waals surface area contributed by atoms with Gasteiger partial charge in [-0.2, -0.15) is 0 Å². The molecule has 0 bridgehead atoms. The number of esters is 1. The molecule has 1 heterocycles. The molecule has 1 aromatic carbocycles. The fraction of sp³-hybridized carbons (Fsp3) is 0.0909. The Hall–Kier alpha value is -1.81. The number of hydrogen-bond acceptors (Lipinski definition) is 3. The molecule has 0 atom stereocenters. The molecular formula is C11H9ClN2O2. The van der Waals surface area contributed by atoms with Crippen LogP contribution in [0.25, 0.3) is 5.69 Å². The molecule has 2 rings (SSSR count). The van der Waals surface area contributed by atoms with Crippen molar-refractivity contribution in [1.82, 2.24) is 9.55 Å². The number of carbonyl (C=O) groups is 1. The third kappa shape index (κ3) is 2.06. The van der Waals surface area contributed by atoms with Gasteiger partial charge in [0.1, 0.15) is 6.33 Å². The van der Waals surface area contributed by atoms with E-state index in [9.17, 15) is 4.79 Å².